The number of hydrogen-bond acceptors (Lipinski definition) is 24. The van der Waals surface area contributed by atoms with Crippen molar-refractivity contribution >= 4 is 198 Å². The summed E-state index contributed by atoms with van der Waals surface area (Å²) in [6.07, 6.45) is -1.20. The number of nitrogen functional groups attached to an aromatic ring is 1. The number of phenolic OH excluding ortho intramolecular Hbond substituents is 2. The molecular formula is C101H130Cl8N8O23Si2. The Morgan fingerprint density at radius 2 is 0.542 bits per heavy atom. The highest BCUT2D eigenvalue weighted by Gasteiger charge is 2.49. The fraction of sp³-hybridized carbons (Fsp3) is 0.416. The van der Waals surface area contributed by atoms with Crippen molar-refractivity contribution in [3.8, 4) is 23.0 Å². The summed E-state index contributed by atoms with van der Waals surface area (Å²) in [4.78, 5) is 133. The zero-order valence-corrected chi connectivity index (χ0v) is 92.2. The van der Waals surface area contributed by atoms with E-state index in [9.17, 15) is 63.0 Å². The van der Waals surface area contributed by atoms with Crippen molar-refractivity contribution in [2.24, 2.45) is 5.73 Å². The molecule has 0 saturated carbocycles. The van der Waals surface area contributed by atoms with Crippen molar-refractivity contribution in [3.63, 3.8) is 0 Å². The van der Waals surface area contributed by atoms with E-state index in [1.165, 1.54) is 52.7 Å². The molecule has 31 nitrogen and oxygen atoms in total. The van der Waals surface area contributed by atoms with Crippen LogP contribution >= 0.6 is 92.8 Å². The highest BCUT2D eigenvalue weighted by atomic mass is 35.5. The Bertz CT molecular complexity index is 5530. The third kappa shape index (κ3) is 38.6. The summed E-state index contributed by atoms with van der Waals surface area (Å²) in [6.45, 7) is 41.8. The Morgan fingerprint density at radius 3 is 0.754 bits per heavy atom. The smallest absolute Gasteiger partial charge is 0.408 e. The second-order valence-electron chi connectivity index (χ2n) is 37.5. The zero-order chi connectivity index (χ0) is 108. The molecule has 0 aliphatic carbocycles. The van der Waals surface area contributed by atoms with E-state index >= 15 is 0 Å². The van der Waals surface area contributed by atoms with E-state index < -0.39 is 123 Å². The summed E-state index contributed by atoms with van der Waals surface area (Å²) in [6, 6.07) is 35.2. The molecule has 0 bridgehead atoms. The molecule has 8 aromatic carbocycles. The van der Waals surface area contributed by atoms with Gasteiger partial charge in [-0.3, -0.25) is 19.2 Å². The van der Waals surface area contributed by atoms with Crippen molar-refractivity contribution in [2.75, 3.05) is 50.1 Å². The van der Waals surface area contributed by atoms with E-state index in [1.807, 2.05) is 0 Å². The average Bonchev–Trinajstić information content (AvgIpc) is 0.781. The number of benzene rings is 8. The van der Waals surface area contributed by atoms with Crippen LogP contribution in [0.15, 0.2) is 146 Å². The van der Waals surface area contributed by atoms with Gasteiger partial charge >= 0.3 is 48.1 Å². The second kappa shape index (κ2) is 55.8. The first-order chi connectivity index (χ1) is 65.8. The molecule has 0 heterocycles. The lowest BCUT2D eigenvalue weighted by atomic mass is 10.1. The van der Waals surface area contributed by atoms with Gasteiger partial charge in [-0.15, -0.1) is 0 Å². The summed E-state index contributed by atoms with van der Waals surface area (Å²) in [5, 5.41) is 44.5. The van der Waals surface area contributed by atoms with Crippen molar-refractivity contribution in [1.29, 1.82) is 0 Å². The Morgan fingerprint density at radius 1 is 0.331 bits per heavy atom. The standard InChI is InChI=1S/C31H44Cl2N2O6Si.C22H24Cl2N2O6.C17H16Cl2N2O4.C16H24Cl2O3Si.C15H22N2O4/c1-18(2)42(19(3)4,20(5)6)41-23-16-24(32)27(25(33)17-23)28(36)34-22-13-11-21(12-14-22)15-26(29(37)39-10)35-30(38)40-31(7,8)9;1-22(2,3)32-21(30)26-17(20(29)31-4)9-12-5-7-13(8-6-12)25-19(28)18-15(23)10-14(27)11-16(18)24;1-25-17(24)14(20)6-9-2-4-10(5-3-9)21-16(23)15-12(18)7-11(22)8-13(15)19;1-9(2)22(10(3)4,11(5)6)21-12-7-13(17)15(16(19)20)14(18)8-12;1-15(2,3)21-14(19)17-12(13(18)20-4)9-10-5-7-11(16)8-6-10/h11-14,16-20,26H,15H2,1-10H3,(H,34,36)(H,35,38);5-8,10-11,17,27H,9H2,1-4H3,(H,25,28)(H,26,30);2-5,7-8,14,22H,6,20H2,1H3,(H,21,23);7-11H,1-6H3,(H,19,20);5-8,12H,9,16H2,1-4H3,(H,17,19)/t26-;17-;14-;;12-/m000.0/s1. The number of carboxylic acids is 1. The van der Waals surface area contributed by atoms with E-state index in [2.05, 4.69) is 120 Å². The SMILES string of the molecule is CC(C)[Si](Oc1cc(Cl)c(C(=O)O)c(Cl)c1)(C(C)C)C(C)C.COC(=O)[C@@H](N)Cc1ccc(NC(=O)c2c(Cl)cc(O)cc2Cl)cc1.COC(=O)[C@H](Cc1ccc(N)cc1)NC(=O)OC(C)(C)C.COC(=O)[C@H](Cc1ccc(NC(=O)c2c(Cl)cc(O)cc2Cl)cc1)NC(=O)OC(C)(C)C.COC(=O)[C@H](Cc1ccc(NC(=O)c2c(Cl)cc(O[Si](C(C)C)(C(C)C)C(C)C)cc2Cl)cc1)NC(=O)OC(C)(C)C. The van der Waals surface area contributed by atoms with E-state index in [-0.39, 0.29) is 86.8 Å². The number of methoxy groups -OCH3 is 4. The highest BCUT2D eigenvalue weighted by molar-refractivity contribution is 6.79. The number of hydrogen-bond donors (Lipinski definition) is 11. The molecule has 4 atom stereocenters. The highest BCUT2D eigenvalue weighted by Crippen LogP contribution is 2.47. The van der Waals surface area contributed by atoms with Gasteiger partial charge in [0.25, 0.3) is 34.4 Å². The Hall–Kier alpha value is -11.0. The van der Waals surface area contributed by atoms with Crippen LogP contribution in [0.25, 0.3) is 0 Å². The summed E-state index contributed by atoms with van der Waals surface area (Å²) in [7, 11) is 0.657. The van der Waals surface area contributed by atoms with Gasteiger partial charge in [-0.25, -0.2) is 33.6 Å². The predicted octanol–water partition coefficient (Wildman–Crippen LogP) is 24.1. The number of aromatic carboxylic acids is 1. The van der Waals surface area contributed by atoms with Crippen LogP contribution < -0.4 is 52.2 Å². The number of alkyl carbamates (subject to hydrolysis) is 3. The number of carboxylic acid groups (broad SMARTS) is 1. The molecule has 0 unspecified atom stereocenters. The number of carbonyl (C=O) groups is 11. The predicted molar refractivity (Wildman–Crippen MR) is 564 cm³/mol. The first kappa shape index (κ1) is 123. The minimum absolute atomic E-state index is 0.0123. The lowest BCUT2D eigenvalue weighted by molar-refractivity contribution is -0.143. The van der Waals surface area contributed by atoms with Gasteiger partial charge in [0.1, 0.15) is 64.0 Å². The first-order valence-electron chi connectivity index (χ1n) is 44.9. The van der Waals surface area contributed by atoms with E-state index in [0.29, 0.717) is 85.9 Å². The summed E-state index contributed by atoms with van der Waals surface area (Å²) >= 11 is 49.2. The molecule has 13 N–H and O–H groups in total. The van der Waals surface area contributed by atoms with Crippen molar-refractivity contribution < 1.29 is 110 Å². The summed E-state index contributed by atoms with van der Waals surface area (Å²) < 4.78 is 47.6. The Kier molecular flexibility index (Phi) is 48.4. The molecule has 8 rings (SSSR count). The molecule has 0 aliphatic rings. The number of anilines is 4. The molecule has 6 amide bonds. The van der Waals surface area contributed by atoms with Crippen molar-refractivity contribution in [1.82, 2.24) is 16.0 Å². The van der Waals surface area contributed by atoms with Crippen LogP contribution in [0.4, 0.5) is 37.1 Å². The van der Waals surface area contributed by atoms with Crippen LogP contribution in [-0.4, -0.2) is 167 Å². The molecule has 0 aromatic heterocycles. The monoisotopic (exact) mass is 2160 g/mol. The van der Waals surface area contributed by atoms with Gasteiger partial charge in [0, 0.05) is 42.0 Å². The Labute approximate surface area is 872 Å². The third-order valence-corrected chi connectivity index (χ3v) is 35.8. The van der Waals surface area contributed by atoms with E-state index in [1.54, 1.807) is 184 Å². The molecule has 0 saturated heterocycles. The number of amides is 6. The van der Waals surface area contributed by atoms with Gasteiger partial charge in [0.15, 0.2) is 0 Å². The quantitative estimate of drug-likeness (QED) is 0.00807. The minimum atomic E-state index is -2.24. The summed E-state index contributed by atoms with van der Waals surface area (Å²) in [5.74, 6) is -4.07. The summed E-state index contributed by atoms with van der Waals surface area (Å²) in [5.41, 5.74) is 16.9. The van der Waals surface area contributed by atoms with Gasteiger partial charge in [-0.05, 0) is 221 Å². The number of nitrogens with two attached hydrogens (primary N) is 2. The Balaban J connectivity index is 0.000000380. The van der Waals surface area contributed by atoms with Crippen molar-refractivity contribution in [3.05, 3.63) is 230 Å². The minimum Gasteiger partial charge on any atom is -0.543 e. The van der Waals surface area contributed by atoms with Gasteiger partial charge in [0.2, 0.25) is 0 Å². The third-order valence-electron chi connectivity index (χ3n) is 21.4. The van der Waals surface area contributed by atoms with Crippen LogP contribution in [0.5, 0.6) is 23.0 Å². The lowest BCUT2D eigenvalue weighted by Crippen LogP contribution is -2.50. The first-order valence-corrected chi connectivity index (χ1v) is 52.2. The molecule has 0 spiro atoms. The molecule has 0 fully saturated rings. The maximum absolute atomic E-state index is 13.2. The normalized spacial score (nSPS) is 12.3. The number of ether oxygens (including phenoxy) is 7. The van der Waals surface area contributed by atoms with Gasteiger partial charge < -0.3 is 101 Å². The van der Waals surface area contributed by atoms with Gasteiger partial charge in [-0.2, -0.15) is 0 Å². The molecule has 776 valence electrons. The maximum atomic E-state index is 13.2. The van der Waals surface area contributed by atoms with Crippen LogP contribution in [-0.2, 0) is 78.0 Å². The fourth-order valence-corrected chi connectivity index (χ4v) is 28.3. The van der Waals surface area contributed by atoms with Crippen LogP contribution in [0.3, 0.4) is 0 Å². The number of halogens is 8. The van der Waals surface area contributed by atoms with Gasteiger partial charge in [-0.1, -0.05) is 224 Å². The van der Waals surface area contributed by atoms with Crippen molar-refractivity contribution in [2.45, 2.75) is 245 Å². The molecule has 41 heteroatoms. The lowest BCUT2D eigenvalue weighted by Gasteiger charge is -2.42. The zero-order valence-electron chi connectivity index (χ0n) is 84.1. The number of aromatic hydroxyl groups is 2. The molecule has 0 aliphatic heterocycles. The largest absolute Gasteiger partial charge is 0.543 e. The van der Waals surface area contributed by atoms with Crippen LogP contribution in [0.1, 0.15) is 209 Å². The number of phenols is 2. The topological polar surface area (TPSA) is 456 Å². The number of carbonyl (C=O) groups excluding carboxylic acids is 10. The maximum Gasteiger partial charge on any atom is 0.408 e. The van der Waals surface area contributed by atoms with Crippen LogP contribution in [0.2, 0.25) is 73.4 Å². The molecule has 142 heavy (non-hydrogen) atoms. The number of nitrogens with one attached hydrogen (secondary N) is 6. The average molecular weight is 2160 g/mol. The second-order valence-corrected chi connectivity index (χ2v) is 51.6. The molecular weight excluding hydrogens is 2030 g/mol. The molecule has 0 radical (unpaired) electrons. The fourth-order valence-electron chi connectivity index (χ4n) is 15.3. The number of rotatable bonds is 32. The van der Waals surface area contributed by atoms with Crippen LogP contribution in [0, 0.1) is 0 Å². The van der Waals surface area contributed by atoms with Gasteiger partial charge in [0.05, 0.1) is 90.9 Å². The number of esters is 4. The van der Waals surface area contributed by atoms with E-state index in [0.717, 1.165) is 16.7 Å². The molecule has 8 aromatic rings. The van der Waals surface area contributed by atoms with E-state index in [4.69, 9.17) is 147 Å².